The molecule has 7 heteroatoms. The van der Waals surface area contributed by atoms with Crippen LogP contribution in [0.25, 0.3) is 0 Å². The molecule has 1 aromatic rings. The van der Waals surface area contributed by atoms with Gasteiger partial charge in [0.1, 0.15) is 5.69 Å². The quantitative estimate of drug-likeness (QED) is 0.846. The normalized spacial score (nSPS) is 21.7. The van der Waals surface area contributed by atoms with Crippen LogP contribution in [0.2, 0.25) is 0 Å². The van der Waals surface area contributed by atoms with Gasteiger partial charge in [0.05, 0.1) is 24.0 Å². The molecule has 7 nitrogen and oxygen atoms in total. The maximum Gasteiger partial charge on any atom is 0.274 e. The van der Waals surface area contributed by atoms with Crippen LogP contribution in [0, 0.1) is 5.92 Å². The van der Waals surface area contributed by atoms with Crippen LogP contribution in [0.15, 0.2) is 6.33 Å². The number of aliphatic hydroxyl groups excluding tert-OH is 1. The number of fused-ring (bicyclic) bond motifs is 1. The van der Waals surface area contributed by atoms with Gasteiger partial charge in [-0.2, -0.15) is 0 Å². The Hall–Kier alpha value is -1.89. The maximum atomic E-state index is 12.7. The predicted molar refractivity (Wildman–Crippen MR) is 88.5 cm³/mol. The fourth-order valence-electron chi connectivity index (χ4n) is 3.48. The third-order valence-electron chi connectivity index (χ3n) is 4.85. The average Bonchev–Trinajstić information content (AvgIpc) is 2.97. The van der Waals surface area contributed by atoms with Gasteiger partial charge in [0.15, 0.2) is 0 Å². The number of aliphatic hydroxyl groups is 1. The van der Waals surface area contributed by atoms with Crippen LogP contribution < -0.4 is 5.32 Å². The fraction of sp³-hybridized carbons (Fsp3) is 0.706. The second-order valence-electron chi connectivity index (χ2n) is 7.11. The number of carbonyl (C=O) groups is 2. The van der Waals surface area contributed by atoms with Crippen molar-refractivity contribution < 1.29 is 14.7 Å². The highest BCUT2D eigenvalue weighted by Crippen LogP contribution is 2.24. The molecule has 0 radical (unpaired) electrons. The minimum atomic E-state index is -0.301. The molecule has 1 unspecified atom stereocenters. The molecule has 0 bridgehead atoms. The van der Waals surface area contributed by atoms with Gasteiger partial charge in [-0.05, 0) is 39.5 Å². The van der Waals surface area contributed by atoms with Crippen molar-refractivity contribution in [2.24, 2.45) is 5.92 Å². The van der Waals surface area contributed by atoms with Crippen molar-refractivity contribution >= 4 is 11.8 Å². The lowest BCUT2D eigenvalue weighted by Gasteiger charge is -2.30. The zero-order valence-corrected chi connectivity index (χ0v) is 14.4. The fourth-order valence-corrected chi connectivity index (χ4v) is 3.48. The van der Waals surface area contributed by atoms with E-state index in [4.69, 9.17) is 0 Å². The van der Waals surface area contributed by atoms with Crippen molar-refractivity contribution in [2.75, 3.05) is 13.1 Å². The van der Waals surface area contributed by atoms with Crippen molar-refractivity contribution in [3.05, 3.63) is 17.7 Å². The van der Waals surface area contributed by atoms with Crippen molar-refractivity contribution in [3.63, 3.8) is 0 Å². The molecule has 2 aliphatic rings. The monoisotopic (exact) mass is 334 g/mol. The summed E-state index contributed by atoms with van der Waals surface area (Å²) >= 11 is 0. The van der Waals surface area contributed by atoms with Gasteiger partial charge in [0.25, 0.3) is 5.91 Å². The van der Waals surface area contributed by atoms with E-state index in [2.05, 4.69) is 10.3 Å². The summed E-state index contributed by atoms with van der Waals surface area (Å²) in [6, 6.07) is 0.133. The van der Waals surface area contributed by atoms with Gasteiger partial charge in [-0.15, -0.1) is 0 Å². The Kier molecular flexibility index (Phi) is 4.89. The highest BCUT2D eigenvalue weighted by Gasteiger charge is 2.31. The van der Waals surface area contributed by atoms with E-state index in [1.807, 2.05) is 18.4 Å². The lowest BCUT2D eigenvalue weighted by molar-refractivity contribution is -0.126. The number of nitrogens with one attached hydrogen (secondary N) is 1. The van der Waals surface area contributed by atoms with Gasteiger partial charge in [-0.25, -0.2) is 4.98 Å². The van der Waals surface area contributed by atoms with Crippen LogP contribution in [0.5, 0.6) is 0 Å². The van der Waals surface area contributed by atoms with E-state index in [0.29, 0.717) is 44.6 Å². The Labute approximate surface area is 142 Å². The summed E-state index contributed by atoms with van der Waals surface area (Å²) < 4.78 is 1.94. The van der Waals surface area contributed by atoms with Crippen LogP contribution >= 0.6 is 0 Å². The summed E-state index contributed by atoms with van der Waals surface area (Å²) in [5.41, 5.74) is 1.44. The predicted octanol–water partition coefficient (Wildman–Crippen LogP) is 0.567. The number of piperidine rings is 1. The standard InChI is InChI=1S/C17H26N4O3/c1-11(2)19-16(23)12-3-4-14-15(18-10-21(14)9-12)17(24)20-7-5-13(22)6-8-20/h10-13,22H,3-9H2,1-2H3,(H,19,23). The molecular formula is C17H26N4O3. The van der Waals surface area contributed by atoms with E-state index in [1.165, 1.54) is 0 Å². The van der Waals surface area contributed by atoms with Crippen molar-refractivity contribution in [1.29, 1.82) is 0 Å². The molecule has 3 rings (SSSR count). The smallest absolute Gasteiger partial charge is 0.274 e. The van der Waals surface area contributed by atoms with Gasteiger partial charge in [-0.3, -0.25) is 9.59 Å². The lowest BCUT2D eigenvalue weighted by Crippen LogP contribution is -2.41. The first kappa shape index (κ1) is 17.0. The van der Waals surface area contributed by atoms with Gasteiger partial charge in [-0.1, -0.05) is 0 Å². The third-order valence-corrected chi connectivity index (χ3v) is 4.85. The van der Waals surface area contributed by atoms with Gasteiger partial charge in [0, 0.05) is 25.7 Å². The molecule has 1 aromatic heterocycles. The molecule has 0 aliphatic carbocycles. The van der Waals surface area contributed by atoms with Gasteiger partial charge < -0.3 is 19.9 Å². The Bertz CT molecular complexity index is 617. The Morgan fingerprint density at radius 1 is 1.29 bits per heavy atom. The number of rotatable bonds is 3. The zero-order chi connectivity index (χ0) is 17.3. The number of imidazole rings is 1. The summed E-state index contributed by atoms with van der Waals surface area (Å²) in [6.45, 7) is 5.63. The zero-order valence-electron chi connectivity index (χ0n) is 14.4. The summed E-state index contributed by atoms with van der Waals surface area (Å²) in [6.07, 6.45) is 4.05. The molecule has 132 valence electrons. The van der Waals surface area contributed by atoms with E-state index in [1.54, 1.807) is 11.2 Å². The first-order valence-electron chi connectivity index (χ1n) is 8.77. The van der Waals surface area contributed by atoms with E-state index in [9.17, 15) is 14.7 Å². The van der Waals surface area contributed by atoms with E-state index >= 15 is 0 Å². The molecule has 1 atom stereocenters. The molecule has 0 aromatic carbocycles. The third kappa shape index (κ3) is 3.45. The molecule has 3 heterocycles. The van der Waals surface area contributed by atoms with Crippen LogP contribution in [-0.4, -0.2) is 56.6 Å². The van der Waals surface area contributed by atoms with Crippen LogP contribution in [0.3, 0.4) is 0 Å². The average molecular weight is 334 g/mol. The first-order valence-corrected chi connectivity index (χ1v) is 8.77. The van der Waals surface area contributed by atoms with Gasteiger partial charge >= 0.3 is 0 Å². The van der Waals surface area contributed by atoms with Crippen LogP contribution in [0.4, 0.5) is 0 Å². The molecule has 1 fully saturated rings. The number of aromatic nitrogens is 2. The first-order chi connectivity index (χ1) is 11.5. The highest BCUT2D eigenvalue weighted by atomic mass is 16.3. The summed E-state index contributed by atoms with van der Waals surface area (Å²) in [7, 11) is 0. The Morgan fingerprint density at radius 3 is 2.67 bits per heavy atom. The van der Waals surface area contributed by atoms with E-state index in [-0.39, 0.29) is 29.9 Å². The van der Waals surface area contributed by atoms with E-state index < -0.39 is 0 Å². The molecule has 2 N–H and O–H groups in total. The molecule has 2 amide bonds. The Balaban J connectivity index is 1.69. The number of likely N-dealkylation sites (tertiary alicyclic amines) is 1. The topological polar surface area (TPSA) is 87.5 Å². The van der Waals surface area contributed by atoms with Gasteiger partial charge in [0.2, 0.25) is 5.91 Å². The molecule has 0 spiro atoms. The highest BCUT2D eigenvalue weighted by molar-refractivity contribution is 5.93. The van der Waals surface area contributed by atoms with Crippen molar-refractivity contribution in [2.45, 2.75) is 58.2 Å². The number of amides is 2. The number of hydrogen-bond donors (Lipinski definition) is 2. The van der Waals surface area contributed by atoms with Crippen LogP contribution in [-0.2, 0) is 17.8 Å². The second kappa shape index (κ2) is 6.93. The summed E-state index contributed by atoms with van der Waals surface area (Å²) in [5, 5.41) is 12.5. The summed E-state index contributed by atoms with van der Waals surface area (Å²) in [5.74, 6) is -0.0508. The Morgan fingerprint density at radius 2 is 2.00 bits per heavy atom. The maximum absolute atomic E-state index is 12.7. The minimum absolute atomic E-state index is 0.0549. The van der Waals surface area contributed by atoms with Crippen molar-refractivity contribution in [3.8, 4) is 0 Å². The summed E-state index contributed by atoms with van der Waals surface area (Å²) in [4.78, 5) is 31.0. The second-order valence-corrected chi connectivity index (χ2v) is 7.11. The lowest BCUT2D eigenvalue weighted by atomic mass is 9.95. The number of carbonyl (C=O) groups excluding carboxylic acids is 2. The number of hydrogen-bond acceptors (Lipinski definition) is 4. The molecule has 2 aliphatic heterocycles. The van der Waals surface area contributed by atoms with Crippen LogP contribution in [0.1, 0.15) is 49.3 Å². The molecular weight excluding hydrogens is 308 g/mol. The minimum Gasteiger partial charge on any atom is -0.393 e. The van der Waals surface area contributed by atoms with Crippen molar-refractivity contribution in [1.82, 2.24) is 19.8 Å². The molecule has 0 saturated carbocycles. The number of nitrogens with zero attached hydrogens (tertiary/aromatic N) is 3. The largest absolute Gasteiger partial charge is 0.393 e. The SMILES string of the molecule is CC(C)NC(=O)C1CCc2c(C(=O)N3CCC(O)CC3)ncn2C1. The molecule has 24 heavy (non-hydrogen) atoms. The molecule has 1 saturated heterocycles. The van der Waals surface area contributed by atoms with E-state index in [0.717, 1.165) is 12.1 Å².